The van der Waals surface area contributed by atoms with Gasteiger partial charge in [0.05, 0.1) is 0 Å². The van der Waals surface area contributed by atoms with E-state index in [4.69, 9.17) is 0 Å². The average molecular weight is 335 g/mol. The molecule has 0 aliphatic rings. The fourth-order valence-electron chi connectivity index (χ4n) is 3.43. The molecule has 0 saturated heterocycles. The highest BCUT2D eigenvalue weighted by Crippen LogP contribution is 2.36. The number of aryl methyl sites for hydroxylation is 2. The molecule has 0 aliphatic heterocycles. The van der Waals surface area contributed by atoms with Crippen LogP contribution in [-0.4, -0.2) is 0 Å². The minimum absolute atomic E-state index is 1.13. The van der Waals surface area contributed by atoms with Crippen molar-refractivity contribution in [3.8, 4) is 0 Å². The van der Waals surface area contributed by atoms with Crippen LogP contribution in [0.25, 0.3) is 32.3 Å². The summed E-state index contributed by atoms with van der Waals surface area (Å²) in [6, 6.07) is 19.7. The third kappa shape index (κ3) is 1.81. The highest BCUT2D eigenvalue weighted by atomic mass is 79.9. The maximum atomic E-state index is 3.57. The molecule has 21 heavy (non-hydrogen) atoms. The van der Waals surface area contributed by atoms with Crippen molar-refractivity contribution in [1.82, 2.24) is 0 Å². The molecule has 4 aromatic rings. The van der Waals surface area contributed by atoms with Gasteiger partial charge in [0, 0.05) is 4.47 Å². The summed E-state index contributed by atoms with van der Waals surface area (Å²) in [6.07, 6.45) is 0. The molecule has 0 nitrogen and oxygen atoms in total. The van der Waals surface area contributed by atoms with Gasteiger partial charge in [0.25, 0.3) is 0 Å². The van der Waals surface area contributed by atoms with E-state index in [1.165, 1.54) is 43.4 Å². The predicted octanol–water partition coefficient (Wildman–Crippen LogP) is 6.53. The molecule has 0 aromatic heterocycles. The fourth-order valence-corrected chi connectivity index (χ4v) is 3.81. The minimum Gasteiger partial charge on any atom is -0.0616 e. The highest BCUT2D eigenvalue weighted by molar-refractivity contribution is 9.10. The van der Waals surface area contributed by atoms with E-state index >= 15 is 0 Å². The van der Waals surface area contributed by atoms with Crippen LogP contribution in [0.3, 0.4) is 0 Å². The van der Waals surface area contributed by atoms with Gasteiger partial charge in [-0.15, -0.1) is 0 Å². The van der Waals surface area contributed by atoms with Gasteiger partial charge in [0.15, 0.2) is 0 Å². The van der Waals surface area contributed by atoms with Crippen LogP contribution >= 0.6 is 15.9 Å². The van der Waals surface area contributed by atoms with Crippen molar-refractivity contribution in [2.45, 2.75) is 13.8 Å². The molecule has 102 valence electrons. The number of halogens is 1. The Morgan fingerprint density at radius 1 is 0.667 bits per heavy atom. The molecule has 0 aliphatic carbocycles. The van der Waals surface area contributed by atoms with E-state index < -0.39 is 0 Å². The predicted molar refractivity (Wildman–Crippen MR) is 96.1 cm³/mol. The summed E-state index contributed by atoms with van der Waals surface area (Å²) in [5, 5.41) is 8.09. The minimum atomic E-state index is 1.13. The zero-order chi connectivity index (χ0) is 14.6. The summed E-state index contributed by atoms with van der Waals surface area (Å²) in [7, 11) is 0. The SMILES string of the molecule is Cc1c2ccccc2c(C)c2c1ccc1cc(Br)ccc12. The van der Waals surface area contributed by atoms with E-state index in [-0.39, 0.29) is 0 Å². The van der Waals surface area contributed by atoms with E-state index in [1.807, 2.05) is 0 Å². The smallest absolute Gasteiger partial charge is 0.0181 e. The van der Waals surface area contributed by atoms with Gasteiger partial charge in [0.1, 0.15) is 0 Å². The first-order valence-corrected chi connectivity index (χ1v) is 7.96. The third-order valence-electron chi connectivity index (χ3n) is 4.50. The number of fused-ring (bicyclic) bond motifs is 4. The highest BCUT2D eigenvalue weighted by Gasteiger charge is 2.11. The van der Waals surface area contributed by atoms with Crippen molar-refractivity contribution in [3.63, 3.8) is 0 Å². The van der Waals surface area contributed by atoms with Crippen molar-refractivity contribution < 1.29 is 0 Å². The lowest BCUT2D eigenvalue weighted by Crippen LogP contribution is -1.89. The first kappa shape index (κ1) is 12.8. The summed E-state index contributed by atoms with van der Waals surface area (Å²) in [4.78, 5) is 0. The van der Waals surface area contributed by atoms with Gasteiger partial charge in [-0.2, -0.15) is 0 Å². The molecule has 0 radical (unpaired) electrons. The van der Waals surface area contributed by atoms with Crippen LogP contribution in [0.1, 0.15) is 11.1 Å². The van der Waals surface area contributed by atoms with Crippen molar-refractivity contribution in [2.24, 2.45) is 0 Å². The summed E-state index contributed by atoms with van der Waals surface area (Å²) in [6.45, 7) is 4.47. The summed E-state index contributed by atoms with van der Waals surface area (Å²) >= 11 is 3.57. The first-order valence-electron chi connectivity index (χ1n) is 7.17. The number of hydrogen-bond donors (Lipinski definition) is 0. The molecule has 1 heteroatoms. The first-order chi connectivity index (χ1) is 10.2. The van der Waals surface area contributed by atoms with Crippen molar-refractivity contribution in [1.29, 1.82) is 0 Å². The van der Waals surface area contributed by atoms with Gasteiger partial charge in [-0.1, -0.05) is 58.4 Å². The molecule has 0 fully saturated rings. The molecule has 0 unspecified atom stereocenters. The zero-order valence-corrected chi connectivity index (χ0v) is 13.7. The normalized spacial score (nSPS) is 11.6. The second-order valence-corrected chi connectivity index (χ2v) is 6.56. The Bertz CT molecular complexity index is 1010. The lowest BCUT2D eigenvalue weighted by Gasteiger charge is -2.14. The Morgan fingerprint density at radius 2 is 1.33 bits per heavy atom. The fraction of sp³-hybridized carbons (Fsp3) is 0.100. The molecule has 0 bridgehead atoms. The van der Waals surface area contributed by atoms with Crippen LogP contribution in [-0.2, 0) is 0 Å². The van der Waals surface area contributed by atoms with Crippen LogP contribution < -0.4 is 0 Å². The Kier molecular flexibility index (Phi) is 2.80. The molecule has 0 amide bonds. The molecule has 0 N–H and O–H groups in total. The Morgan fingerprint density at radius 3 is 2.10 bits per heavy atom. The molecule has 4 rings (SSSR count). The van der Waals surface area contributed by atoms with Crippen LogP contribution in [0.5, 0.6) is 0 Å². The van der Waals surface area contributed by atoms with Crippen LogP contribution in [0.4, 0.5) is 0 Å². The van der Waals surface area contributed by atoms with Gasteiger partial charge in [0.2, 0.25) is 0 Å². The van der Waals surface area contributed by atoms with Gasteiger partial charge in [-0.25, -0.2) is 0 Å². The van der Waals surface area contributed by atoms with Gasteiger partial charge < -0.3 is 0 Å². The van der Waals surface area contributed by atoms with Gasteiger partial charge >= 0.3 is 0 Å². The third-order valence-corrected chi connectivity index (χ3v) is 4.99. The van der Waals surface area contributed by atoms with Crippen LogP contribution in [0, 0.1) is 13.8 Å². The monoisotopic (exact) mass is 334 g/mol. The molecule has 0 heterocycles. The second-order valence-electron chi connectivity index (χ2n) is 5.65. The molecule has 0 saturated carbocycles. The maximum absolute atomic E-state index is 3.57. The van der Waals surface area contributed by atoms with E-state index in [0.29, 0.717) is 0 Å². The standard InChI is InChI=1S/C20H15Br/c1-12-16-5-3-4-6-17(16)13(2)20-18(12)9-7-14-11-15(21)8-10-19(14)20/h3-11H,1-2H3. The molecule has 0 atom stereocenters. The summed E-state index contributed by atoms with van der Waals surface area (Å²) in [5.74, 6) is 0. The molecule has 0 spiro atoms. The Hall–Kier alpha value is -1.86. The van der Waals surface area contributed by atoms with Crippen molar-refractivity contribution in [2.75, 3.05) is 0 Å². The lowest BCUT2D eigenvalue weighted by atomic mass is 9.90. The van der Waals surface area contributed by atoms with Crippen molar-refractivity contribution >= 4 is 48.2 Å². The largest absolute Gasteiger partial charge is 0.0616 e. The lowest BCUT2D eigenvalue weighted by molar-refractivity contribution is 1.53. The number of rotatable bonds is 0. The average Bonchev–Trinajstić information content (AvgIpc) is 2.51. The van der Waals surface area contributed by atoms with Gasteiger partial charge in [-0.05, 0) is 69.4 Å². The number of benzene rings is 4. The quantitative estimate of drug-likeness (QED) is 0.253. The van der Waals surface area contributed by atoms with E-state index in [2.05, 4.69) is 84.4 Å². The van der Waals surface area contributed by atoms with Crippen molar-refractivity contribution in [3.05, 3.63) is 70.2 Å². The second kappa shape index (κ2) is 4.57. The topological polar surface area (TPSA) is 0 Å². The van der Waals surface area contributed by atoms with E-state index in [9.17, 15) is 0 Å². The van der Waals surface area contributed by atoms with E-state index in [1.54, 1.807) is 0 Å². The Balaban J connectivity index is 2.34. The summed E-state index contributed by atoms with van der Waals surface area (Å²) in [5.41, 5.74) is 2.75. The summed E-state index contributed by atoms with van der Waals surface area (Å²) < 4.78 is 1.13. The van der Waals surface area contributed by atoms with E-state index in [0.717, 1.165) is 4.47 Å². The molecule has 4 aromatic carbocycles. The Labute approximate surface area is 132 Å². The van der Waals surface area contributed by atoms with Crippen LogP contribution in [0.2, 0.25) is 0 Å². The zero-order valence-electron chi connectivity index (χ0n) is 12.1. The molecular weight excluding hydrogens is 320 g/mol. The van der Waals surface area contributed by atoms with Crippen LogP contribution in [0.15, 0.2) is 59.1 Å². The number of hydrogen-bond acceptors (Lipinski definition) is 0. The van der Waals surface area contributed by atoms with Gasteiger partial charge in [-0.3, -0.25) is 0 Å². The molecular formula is C20H15Br. The maximum Gasteiger partial charge on any atom is 0.0181 e.